The Morgan fingerprint density at radius 2 is 1.52 bits per heavy atom. The van der Waals surface area contributed by atoms with Crippen molar-refractivity contribution in [1.29, 1.82) is 0 Å². The van der Waals surface area contributed by atoms with Gasteiger partial charge in [0.2, 0.25) is 17.7 Å². The first-order valence-electron chi connectivity index (χ1n) is 11.6. The second-order valence-electron chi connectivity index (χ2n) is 9.92. The molecule has 6 aliphatic rings. The Kier molecular flexibility index (Phi) is 4.27. The van der Waals surface area contributed by atoms with Gasteiger partial charge in [0.25, 0.3) is 0 Å². The molecule has 7 rings (SSSR count). The number of amides is 3. The largest absolute Gasteiger partial charge is 0.497 e. The number of imide groups is 1. The van der Waals surface area contributed by atoms with Gasteiger partial charge in [0.1, 0.15) is 5.75 Å². The molecular formula is C25H28N2O4. The molecule has 1 aliphatic heterocycles. The Morgan fingerprint density at radius 3 is 2.06 bits per heavy atom. The van der Waals surface area contributed by atoms with Crippen molar-refractivity contribution in [1.82, 2.24) is 4.90 Å². The molecular weight excluding hydrogens is 392 g/mol. The number of hydrogen-bond donors (Lipinski definition) is 1. The summed E-state index contributed by atoms with van der Waals surface area (Å²) in [6.07, 6.45) is 8.46. The molecule has 1 saturated heterocycles. The van der Waals surface area contributed by atoms with E-state index in [1.807, 2.05) is 24.3 Å². The second-order valence-corrected chi connectivity index (χ2v) is 9.92. The third-order valence-corrected chi connectivity index (χ3v) is 8.49. The summed E-state index contributed by atoms with van der Waals surface area (Å²) in [7, 11) is 1.61. The number of allylic oxidation sites excluding steroid dienone is 2. The van der Waals surface area contributed by atoms with E-state index in [1.165, 1.54) is 6.42 Å². The minimum absolute atomic E-state index is 0.0127. The normalized spacial score (nSPS) is 39.8. The van der Waals surface area contributed by atoms with Gasteiger partial charge in [-0.25, -0.2) is 0 Å². The van der Waals surface area contributed by atoms with Gasteiger partial charge in [-0.2, -0.15) is 0 Å². The Hall–Kier alpha value is -2.63. The van der Waals surface area contributed by atoms with Gasteiger partial charge < -0.3 is 10.1 Å². The van der Waals surface area contributed by atoms with E-state index in [0.717, 1.165) is 11.4 Å². The lowest BCUT2D eigenvalue weighted by Gasteiger charge is -2.37. The van der Waals surface area contributed by atoms with E-state index in [2.05, 4.69) is 17.5 Å². The number of carbonyl (C=O) groups excluding carboxylic acids is 3. The number of carbonyl (C=O) groups is 3. The predicted octanol–water partition coefficient (Wildman–Crippen LogP) is 3.25. The van der Waals surface area contributed by atoms with Crippen molar-refractivity contribution < 1.29 is 19.1 Å². The first-order chi connectivity index (χ1) is 15.1. The van der Waals surface area contributed by atoms with Crippen LogP contribution in [0.25, 0.3) is 0 Å². The smallest absolute Gasteiger partial charge is 0.233 e. The third-order valence-electron chi connectivity index (χ3n) is 8.49. The molecule has 1 aromatic carbocycles. The fourth-order valence-corrected chi connectivity index (χ4v) is 6.85. The van der Waals surface area contributed by atoms with Gasteiger partial charge in [-0.05, 0) is 80.0 Å². The summed E-state index contributed by atoms with van der Waals surface area (Å²) < 4.78 is 5.15. The molecule has 1 aromatic rings. The zero-order valence-electron chi connectivity index (χ0n) is 17.7. The molecule has 4 fully saturated rings. The van der Waals surface area contributed by atoms with Gasteiger partial charge in [0.15, 0.2) is 0 Å². The van der Waals surface area contributed by atoms with Crippen molar-refractivity contribution in [3.05, 3.63) is 36.4 Å². The Balaban J connectivity index is 1.09. The van der Waals surface area contributed by atoms with E-state index in [-0.39, 0.29) is 53.4 Å². The molecule has 6 atom stereocenters. The third kappa shape index (κ3) is 2.87. The second kappa shape index (κ2) is 6.94. The molecule has 3 amide bonds. The van der Waals surface area contributed by atoms with Crippen molar-refractivity contribution >= 4 is 23.4 Å². The highest BCUT2D eigenvalue weighted by Crippen LogP contribution is 2.65. The van der Waals surface area contributed by atoms with Crippen LogP contribution in [0.2, 0.25) is 0 Å². The number of likely N-dealkylation sites (tertiary alicyclic amines) is 1. The van der Waals surface area contributed by atoms with Gasteiger partial charge in [-0.15, -0.1) is 0 Å². The summed E-state index contributed by atoms with van der Waals surface area (Å²) in [4.78, 5) is 40.9. The van der Waals surface area contributed by atoms with Crippen LogP contribution in [0.1, 0.15) is 32.1 Å². The molecule has 6 heteroatoms. The Morgan fingerprint density at radius 1 is 0.935 bits per heavy atom. The first kappa shape index (κ1) is 19.1. The summed E-state index contributed by atoms with van der Waals surface area (Å²) >= 11 is 0. The summed E-state index contributed by atoms with van der Waals surface area (Å²) in [5, 5.41) is 2.98. The maximum Gasteiger partial charge on any atom is 0.233 e. The molecule has 6 nitrogen and oxygen atoms in total. The Bertz CT molecular complexity index is 926. The average molecular weight is 421 g/mol. The van der Waals surface area contributed by atoms with Crippen molar-refractivity contribution in [2.24, 2.45) is 41.4 Å². The van der Waals surface area contributed by atoms with Crippen molar-refractivity contribution in [2.45, 2.75) is 38.1 Å². The van der Waals surface area contributed by atoms with Gasteiger partial charge in [0.05, 0.1) is 18.9 Å². The van der Waals surface area contributed by atoms with E-state index in [0.29, 0.717) is 37.5 Å². The quantitative estimate of drug-likeness (QED) is 0.599. The van der Waals surface area contributed by atoms with E-state index in [1.54, 1.807) is 12.0 Å². The fraction of sp³-hybridized carbons (Fsp3) is 0.560. The van der Waals surface area contributed by atoms with Crippen LogP contribution in [-0.2, 0) is 14.4 Å². The van der Waals surface area contributed by atoms with Crippen LogP contribution in [0.15, 0.2) is 36.4 Å². The van der Waals surface area contributed by atoms with E-state index < -0.39 is 0 Å². The van der Waals surface area contributed by atoms with Gasteiger partial charge in [-0.3, -0.25) is 19.3 Å². The van der Waals surface area contributed by atoms with Crippen molar-refractivity contribution in [2.75, 3.05) is 12.4 Å². The van der Waals surface area contributed by atoms with Crippen LogP contribution in [0, 0.1) is 41.4 Å². The lowest BCUT2D eigenvalue weighted by atomic mass is 9.63. The molecule has 1 heterocycles. The van der Waals surface area contributed by atoms with Gasteiger partial charge in [0, 0.05) is 17.6 Å². The summed E-state index contributed by atoms with van der Waals surface area (Å²) in [5.74, 6) is 2.36. The zero-order chi connectivity index (χ0) is 21.3. The summed E-state index contributed by atoms with van der Waals surface area (Å²) in [6.45, 7) is 0. The molecule has 0 radical (unpaired) electrons. The first-order valence-corrected chi connectivity index (χ1v) is 11.6. The van der Waals surface area contributed by atoms with E-state index >= 15 is 0 Å². The van der Waals surface area contributed by atoms with Crippen LogP contribution < -0.4 is 10.1 Å². The number of rotatable bonds is 4. The molecule has 0 unspecified atom stereocenters. The number of hydrogen-bond acceptors (Lipinski definition) is 4. The van der Waals surface area contributed by atoms with Gasteiger partial charge >= 0.3 is 0 Å². The fourth-order valence-electron chi connectivity index (χ4n) is 6.85. The highest BCUT2D eigenvalue weighted by Gasteiger charge is 2.67. The molecule has 5 aliphatic carbocycles. The van der Waals surface area contributed by atoms with Crippen LogP contribution in [0.5, 0.6) is 5.75 Å². The standard InChI is InChI=1S/C25H28N2O4/c1-31-16-8-4-14(5-9-16)26-23(28)13-2-6-15(7-3-13)27-24(29)21-17-10-11-18(20-12-19(17)20)22(21)25(27)30/h4-5,8-11,13,15,17-22H,2-3,6-7,12H2,1H3,(H,26,28)/t13?,15?,17-,18-,19-,20-,21-,22+/m1/s1. The highest BCUT2D eigenvalue weighted by molar-refractivity contribution is 6.06. The number of anilines is 1. The molecule has 31 heavy (non-hydrogen) atoms. The predicted molar refractivity (Wildman–Crippen MR) is 114 cm³/mol. The van der Waals surface area contributed by atoms with E-state index in [4.69, 9.17) is 4.74 Å². The summed E-state index contributed by atoms with van der Waals surface area (Å²) in [5.41, 5.74) is 0.753. The van der Waals surface area contributed by atoms with Gasteiger partial charge in [-0.1, -0.05) is 12.2 Å². The summed E-state index contributed by atoms with van der Waals surface area (Å²) in [6, 6.07) is 7.26. The average Bonchev–Trinajstić information content (AvgIpc) is 3.58. The lowest BCUT2D eigenvalue weighted by molar-refractivity contribution is -0.144. The molecule has 162 valence electrons. The minimum atomic E-state index is -0.123. The molecule has 1 N–H and O–H groups in total. The van der Waals surface area contributed by atoms with Crippen LogP contribution >= 0.6 is 0 Å². The monoisotopic (exact) mass is 420 g/mol. The van der Waals surface area contributed by atoms with Crippen LogP contribution in [0.3, 0.4) is 0 Å². The Labute approximate surface area is 182 Å². The number of benzene rings is 1. The van der Waals surface area contributed by atoms with Crippen molar-refractivity contribution in [3.8, 4) is 5.75 Å². The molecule has 3 saturated carbocycles. The molecule has 0 spiro atoms. The highest BCUT2D eigenvalue weighted by atomic mass is 16.5. The van der Waals surface area contributed by atoms with Crippen molar-refractivity contribution in [3.63, 3.8) is 0 Å². The SMILES string of the molecule is COc1ccc(NC(=O)C2CCC(N3C(=O)[C@@H]4[C@@H]5C=C[C@H]([C@H]6C[C@H]56)[C@@H]4C3=O)CC2)cc1. The van der Waals surface area contributed by atoms with E-state index in [9.17, 15) is 14.4 Å². The number of ether oxygens (including phenoxy) is 1. The zero-order valence-corrected chi connectivity index (χ0v) is 17.7. The molecule has 0 aromatic heterocycles. The van der Waals surface area contributed by atoms with Crippen LogP contribution in [-0.4, -0.2) is 35.8 Å². The maximum atomic E-state index is 13.3. The number of methoxy groups -OCH3 is 1. The molecule has 2 bridgehead atoms. The maximum absolute atomic E-state index is 13.3. The topological polar surface area (TPSA) is 75.7 Å². The minimum Gasteiger partial charge on any atom is -0.497 e. The number of nitrogens with one attached hydrogen (secondary N) is 1. The number of nitrogens with zero attached hydrogens (tertiary/aromatic N) is 1. The lowest BCUT2D eigenvalue weighted by Crippen LogP contribution is -2.44. The van der Waals surface area contributed by atoms with Crippen LogP contribution in [0.4, 0.5) is 5.69 Å².